The number of aliphatic hydroxyl groups excluding tert-OH is 1. The Hall–Kier alpha value is -2.96. The summed E-state index contributed by atoms with van der Waals surface area (Å²) in [6.07, 6.45) is 0. The molecule has 2 aromatic carbocycles. The van der Waals surface area contributed by atoms with Crippen LogP contribution < -0.4 is 4.90 Å². The molecule has 0 saturated carbocycles. The van der Waals surface area contributed by atoms with Gasteiger partial charge in [0.2, 0.25) is 0 Å². The van der Waals surface area contributed by atoms with Gasteiger partial charge in [-0.25, -0.2) is 0 Å². The van der Waals surface area contributed by atoms with Gasteiger partial charge >= 0.3 is 0 Å². The summed E-state index contributed by atoms with van der Waals surface area (Å²) in [5.41, 5.74) is 2.66. The van der Waals surface area contributed by atoms with Gasteiger partial charge in [-0.3, -0.25) is 0 Å². The first kappa shape index (κ1) is 17.5. The Kier molecular flexibility index (Phi) is 5.00. The minimum absolute atomic E-state index is 0.0218. The fourth-order valence-electron chi connectivity index (χ4n) is 2.97. The lowest BCUT2D eigenvalue weighted by Crippen LogP contribution is -2.27. The number of aromatic nitrogens is 4. The second kappa shape index (κ2) is 7.73. The van der Waals surface area contributed by atoms with Gasteiger partial charge in [0.05, 0.1) is 6.61 Å². The van der Waals surface area contributed by atoms with E-state index in [-0.39, 0.29) is 6.61 Å². The lowest BCUT2D eigenvalue weighted by molar-refractivity contribution is 0.301. The zero-order valence-corrected chi connectivity index (χ0v) is 15.3. The molecule has 0 saturated heterocycles. The Morgan fingerprint density at radius 3 is 2.59 bits per heavy atom. The number of rotatable bonds is 6. The van der Waals surface area contributed by atoms with E-state index in [0.717, 1.165) is 16.9 Å². The molecule has 2 aromatic heterocycles. The highest BCUT2D eigenvalue weighted by molar-refractivity contribution is 6.30. The van der Waals surface area contributed by atoms with E-state index in [0.29, 0.717) is 29.6 Å². The first-order valence-corrected chi connectivity index (χ1v) is 9.00. The van der Waals surface area contributed by atoms with E-state index in [4.69, 9.17) is 16.7 Å². The maximum atomic E-state index is 9.51. The number of halogens is 1. The first-order valence-electron chi connectivity index (χ1n) is 8.63. The molecule has 7 heteroatoms. The van der Waals surface area contributed by atoms with Crippen molar-refractivity contribution in [1.82, 2.24) is 19.8 Å². The number of aliphatic hydroxyl groups is 1. The van der Waals surface area contributed by atoms with Crippen molar-refractivity contribution in [2.45, 2.75) is 6.54 Å². The molecule has 0 atom stereocenters. The van der Waals surface area contributed by atoms with E-state index in [1.165, 1.54) is 0 Å². The van der Waals surface area contributed by atoms with Gasteiger partial charge in [0.15, 0.2) is 11.5 Å². The van der Waals surface area contributed by atoms with Crippen molar-refractivity contribution >= 4 is 23.1 Å². The second-order valence-electron chi connectivity index (χ2n) is 6.13. The topological polar surface area (TPSA) is 66.5 Å². The summed E-state index contributed by atoms with van der Waals surface area (Å²) in [5.74, 6) is 1.41. The second-order valence-corrected chi connectivity index (χ2v) is 6.56. The van der Waals surface area contributed by atoms with Crippen LogP contribution in [-0.4, -0.2) is 38.1 Å². The van der Waals surface area contributed by atoms with Crippen molar-refractivity contribution < 1.29 is 5.11 Å². The average Bonchev–Trinajstić information content (AvgIpc) is 3.11. The van der Waals surface area contributed by atoms with Crippen LogP contribution in [0.15, 0.2) is 66.7 Å². The molecule has 4 rings (SSSR count). The monoisotopic (exact) mass is 379 g/mol. The Morgan fingerprint density at radius 1 is 0.963 bits per heavy atom. The molecule has 4 aromatic rings. The van der Waals surface area contributed by atoms with E-state index < -0.39 is 0 Å². The van der Waals surface area contributed by atoms with Crippen LogP contribution >= 0.6 is 11.6 Å². The van der Waals surface area contributed by atoms with Gasteiger partial charge in [-0.1, -0.05) is 54.1 Å². The SMILES string of the molecule is OCCN(Cc1cccc(Cl)c1)c1ccc2nnc(-c3ccccc3)n2n1. The first-order chi connectivity index (χ1) is 13.2. The molecule has 1 N–H and O–H groups in total. The molecule has 0 unspecified atom stereocenters. The van der Waals surface area contributed by atoms with Crippen molar-refractivity contribution in [2.75, 3.05) is 18.1 Å². The molecule has 2 heterocycles. The third-order valence-corrected chi connectivity index (χ3v) is 4.47. The zero-order chi connectivity index (χ0) is 18.6. The molecule has 0 aliphatic rings. The Morgan fingerprint density at radius 2 is 1.81 bits per heavy atom. The van der Waals surface area contributed by atoms with E-state index in [9.17, 15) is 5.11 Å². The van der Waals surface area contributed by atoms with Crippen LogP contribution in [0, 0.1) is 0 Å². The molecule has 27 heavy (non-hydrogen) atoms. The minimum Gasteiger partial charge on any atom is -0.395 e. The van der Waals surface area contributed by atoms with Gasteiger partial charge in [0, 0.05) is 23.7 Å². The van der Waals surface area contributed by atoms with Crippen molar-refractivity contribution in [2.24, 2.45) is 0 Å². The van der Waals surface area contributed by atoms with Gasteiger partial charge in [0.25, 0.3) is 0 Å². The minimum atomic E-state index is 0.0218. The summed E-state index contributed by atoms with van der Waals surface area (Å²) in [4.78, 5) is 2.00. The summed E-state index contributed by atoms with van der Waals surface area (Å²) >= 11 is 6.10. The van der Waals surface area contributed by atoms with Crippen LogP contribution in [-0.2, 0) is 6.54 Å². The smallest absolute Gasteiger partial charge is 0.185 e. The maximum Gasteiger partial charge on any atom is 0.185 e. The van der Waals surface area contributed by atoms with Crippen LogP contribution in [0.4, 0.5) is 5.82 Å². The molecule has 0 bridgehead atoms. The van der Waals surface area contributed by atoms with Crippen LogP contribution in [0.3, 0.4) is 0 Å². The Balaban J connectivity index is 1.72. The number of nitrogens with zero attached hydrogens (tertiary/aromatic N) is 5. The maximum absolute atomic E-state index is 9.51. The summed E-state index contributed by atoms with van der Waals surface area (Å²) in [6, 6.07) is 21.3. The summed E-state index contributed by atoms with van der Waals surface area (Å²) in [7, 11) is 0. The van der Waals surface area contributed by atoms with Crippen molar-refractivity contribution in [3.05, 3.63) is 77.3 Å². The standard InChI is InChI=1S/C20H18ClN5O/c21-17-8-4-5-15(13-17)14-25(11-12-27)19-10-9-18-22-23-20(26(18)24-19)16-6-2-1-3-7-16/h1-10,13,27H,11-12,14H2. The van der Waals surface area contributed by atoms with Crippen LogP contribution in [0.2, 0.25) is 5.02 Å². The van der Waals surface area contributed by atoms with Crippen molar-refractivity contribution in [1.29, 1.82) is 0 Å². The molecular weight excluding hydrogens is 362 g/mol. The molecule has 0 spiro atoms. The van der Waals surface area contributed by atoms with Gasteiger partial charge in [0.1, 0.15) is 5.82 Å². The molecule has 0 fully saturated rings. The fraction of sp³-hybridized carbons (Fsp3) is 0.150. The number of fused-ring (bicyclic) bond motifs is 1. The molecule has 6 nitrogen and oxygen atoms in total. The third kappa shape index (κ3) is 3.77. The molecule has 0 amide bonds. The summed E-state index contributed by atoms with van der Waals surface area (Å²) in [6.45, 7) is 1.06. The van der Waals surface area contributed by atoms with Crippen LogP contribution in [0.5, 0.6) is 0 Å². The number of hydrogen-bond donors (Lipinski definition) is 1. The quantitative estimate of drug-likeness (QED) is 0.556. The van der Waals surface area contributed by atoms with E-state index in [1.807, 2.05) is 71.6 Å². The van der Waals surface area contributed by atoms with Gasteiger partial charge in [-0.05, 0) is 29.8 Å². The van der Waals surface area contributed by atoms with E-state index >= 15 is 0 Å². The predicted molar refractivity (Wildman–Crippen MR) is 106 cm³/mol. The lowest BCUT2D eigenvalue weighted by atomic mass is 10.2. The fourth-order valence-corrected chi connectivity index (χ4v) is 3.18. The largest absolute Gasteiger partial charge is 0.395 e. The van der Waals surface area contributed by atoms with E-state index in [2.05, 4.69) is 10.2 Å². The molecule has 0 aliphatic heterocycles. The predicted octanol–water partition coefficient (Wildman–Crippen LogP) is 3.44. The Labute approximate surface area is 161 Å². The highest BCUT2D eigenvalue weighted by Gasteiger charge is 2.14. The molecule has 136 valence electrons. The zero-order valence-electron chi connectivity index (χ0n) is 14.5. The molecule has 0 radical (unpaired) electrons. The van der Waals surface area contributed by atoms with Gasteiger partial charge < -0.3 is 10.0 Å². The normalized spacial score (nSPS) is 11.0. The number of benzene rings is 2. The highest BCUT2D eigenvalue weighted by Crippen LogP contribution is 2.21. The van der Waals surface area contributed by atoms with Gasteiger partial charge in [-0.15, -0.1) is 15.3 Å². The molecular formula is C20H18ClN5O. The van der Waals surface area contributed by atoms with Crippen LogP contribution in [0.1, 0.15) is 5.56 Å². The van der Waals surface area contributed by atoms with Crippen molar-refractivity contribution in [3.63, 3.8) is 0 Å². The lowest BCUT2D eigenvalue weighted by Gasteiger charge is -2.23. The Bertz CT molecular complexity index is 1050. The third-order valence-electron chi connectivity index (χ3n) is 4.24. The highest BCUT2D eigenvalue weighted by atomic mass is 35.5. The number of hydrogen-bond acceptors (Lipinski definition) is 5. The van der Waals surface area contributed by atoms with E-state index in [1.54, 1.807) is 4.52 Å². The molecule has 0 aliphatic carbocycles. The van der Waals surface area contributed by atoms with Crippen molar-refractivity contribution in [3.8, 4) is 11.4 Å². The summed E-state index contributed by atoms with van der Waals surface area (Å²) < 4.78 is 1.73. The average molecular weight is 380 g/mol. The summed E-state index contributed by atoms with van der Waals surface area (Å²) in [5, 5.41) is 23.4. The van der Waals surface area contributed by atoms with Gasteiger partial charge in [-0.2, -0.15) is 4.52 Å². The number of anilines is 1. The van der Waals surface area contributed by atoms with Crippen LogP contribution in [0.25, 0.3) is 17.0 Å².